The molecule has 0 aromatic carbocycles. The van der Waals surface area contributed by atoms with Crippen molar-refractivity contribution in [1.82, 2.24) is 14.9 Å². The molecule has 1 saturated heterocycles. The summed E-state index contributed by atoms with van der Waals surface area (Å²) in [6.07, 6.45) is 5.78. The van der Waals surface area contributed by atoms with E-state index in [2.05, 4.69) is 14.9 Å². The van der Waals surface area contributed by atoms with Gasteiger partial charge in [0.05, 0.1) is 18.8 Å². The van der Waals surface area contributed by atoms with Gasteiger partial charge in [-0.25, -0.2) is 9.97 Å². The lowest BCUT2D eigenvalue weighted by Crippen LogP contribution is -2.38. The van der Waals surface area contributed by atoms with E-state index in [-0.39, 0.29) is 5.92 Å². The zero-order chi connectivity index (χ0) is 14.4. The molecule has 2 aliphatic heterocycles. The number of nitrogens with zero attached hydrogens (tertiary/aromatic N) is 4. The average molecular weight is 286 g/mol. The second-order valence-corrected chi connectivity index (χ2v) is 6.54. The number of carbonyl (C=O) groups excluding carboxylic acids is 1. The van der Waals surface area contributed by atoms with Crippen molar-refractivity contribution in [1.29, 1.82) is 0 Å². The van der Waals surface area contributed by atoms with E-state index in [1.807, 2.05) is 11.8 Å². The van der Waals surface area contributed by atoms with E-state index in [1.54, 1.807) is 0 Å². The van der Waals surface area contributed by atoms with Crippen LogP contribution in [-0.2, 0) is 17.9 Å². The van der Waals surface area contributed by atoms with Gasteiger partial charge < -0.3 is 9.80 Å². The van der Waals surface area contributed by atoms with Gasteiger partial charge in [0, 0.05) is 24.6 Å². The molecule has 0 spiro atoms. The predicted molar refractivity (Wildman–Crippen MR) is 79.8 cm³/mol. The normalized spacial score (nSPS) is 21.6. The van der Waals surface area contributed by atoms with E-state index in [0.29, 0.717) is 19.0 Å². The van der Waals surface area contributed by atoms with Crippen molar-refractivity contribution in [3.05, 3.63) is 17.1 Å². The molecular weight excluding hydrogens is 264 g/mol. The molecule has 0 radical (unpaired) electrons. The molecular formula is C16H22N4O. The molecule has 2 fully saturated rings. The number of aryl methyl sites for hydroxylation is 1. The molecule has 1 saturated carbocycles. The van der Waals surface area contributed by atoms with Gasteiger partial charge in [-0.2, -0.15) is 0 Å². The van der Waals surface area contributed by atoms with Crippen LogP contribution in [0.15, 0.2) is 0 Å². The Bertz CT molecular complexity index is 576. The average Bonchev–Trinajstić information content (AvgIpc) is 3.04. The van der Waals surface area contributed by atoms with Gasteiger partial charge in [0.2, 0.25) is 5.91 Å². The summed E-state index contributed by atoms with van der Waals surface area (Å²) in [7, 11) is 0. The Hall–Kier alpha value is -1.65. The second kappa shape index (κ2) is 4.97. The minimum atomic E-state index is 0.251. The third-order valence-electron chi connectivity index (χ3n) is 5.04. The van der Waals surface area contributed by atoms with Crippen LogP contribution in [0.3, 0.4) is 0 Å². The van der Waals surface area contributed by atoms with E-state index >= 15 is 0 Å². The molecule has 5 nitrogen and oxygen atoms in total. The number of carbonyl (C=O) groups is 1. The standard InChI is InChI=1S/C16H22N4O/c1-11-17-14-10-20(16(21)12-5-2-3-6-12)9-13(14)15(18-11)19-7-4-8-19/h12H,2-10H2,1H3. The van der Waals surface area contributed by atoms with Crippen LogP contribution in [0.1, 0.15) is 49.2 Å². The van der Waals surface area contributed by atoms with Crippen LogP contribution in [-0.4, -0.2) is 33.9 Å². The highest BCUT2D eigenvalue weighted by atomic mass is 16.2. The maximum absolute atomic E-state index is 12.6. The van der Waals surface area contributed by atoms with Crippen molar-refractivity contribution >= 4 is 11.7 Å². The van der Waals surface area contributed by atoms with Crippen molar-refractivity contribution in [2.75, 3.05) is 18.0 Å². The Kier molecular flexibility index (Phi) is 3.08. The summed E-state index contributed by atoms with van der Waals surface area (Å²) in [5, 5.41) is 0. The Balaban J connectivity index is 1.59. The van der Waals surface area contributed by atoms with E-state index in [9.17, 15) is 4.79 Å². The van der Waals surface area contributed by atoms with Crippen LogP contribution < -0.4 is 4.90 Å². The van der Waals surface area contributed by atoms with Crippen molar-refractivity contribution in [2.45, 2.75) is 52.1 Å². The van der Waals surface area contributed by atoms with Gasteiger partial charge in [0.15, 0.2) is 0 Å². The van der Waals surface area contributed by atoms with Crippen LogP contribution in [0.4, 0.5) is 5.82 Å². The topological polar surface area (TPSA) is 49.3 Å². The molecule has 1 aromatic heterocycles. The highest BCUT2D eigenvalue weighted by molar-refractivity contribution is 5.80. The Labute approximate surface area is 125 Å². The van der Waals surface area contributed by atoms with Gasteiger partial charge in [0.1, 0.15) is 11.6 Å². The first kappa shape index (κ1) is 13.0. The van der Waals surface area contributed by atoms with Crippen LogP contribution in [0.25, 0.3) is 0 Å². The summed E-state index contributed by atoms with van der Waals surface area (Å²) < 4.78 is 0. The lowest BCUT2D eigenvalue weighted by molar-refractivity contribution is -0.136. The monoisotopic (exact) mass is 286 g/mol. The minimum absolute atomic E-state index is 0.251. The van der Waals surface area contributed by atoms with Gasteiger partial charge in [-0.15, -0.1) is 0 Å². The Morgan fingerprint density at radius 1 is 1.10 bits per heavy atom. The van der Waals surface area contributed by atoms with E-state index in [1.165, 1.54) is 24.8 Å². The second-order valence-electron chi connectivity index (χ2n) is 6.54. The summed E-state index contributed by atoms with van der Waals surface area (Å²) in [6.45, 7) is 5.50. The largest absolute Gasteiger partial charge is 0.356 e. The highest BCUT2D eigenvalue weighted by Gasteiger charge is 2.34. The molecule has 0 bridgehead atoms. The first-order valence-corrected chi connectivity index (χ1v) is 8.12. The quantitative estimate of drug-likeness (QED) is 0.834. The third kappa shape index (κ3) is 2.19. The van der Waals surface area contributed by atoms with Gasteiger partial charge in [-0.3, -0.25) is 4.79 Å². The molecule has 0 unspecified atom stereocenters. The van der Waals surface area contributed by atoms with Crippen molar-refractivity contribution in [2.24, 2.45) is 5.92 Å². The lowest BCUT2D eigenvalue weighted by atomic mass is 10.1. The van der Waals surface area contributed by atoms with Crippen LogP contribution in [0.5, 0.6) is 0 Å². The maximum atomic E-state index is 12.6. The van der Waals surface area contributed by atoms with Crippen molar-refractivity contribution in [3.8, 4) is 0 Å². The molecule has 21 heavy (non-hydrogen) atoms. The third-order valence-corrected chi connectivity index (χ3v) is 5.04. The van der Waals surface area contributed by atoms with Crippen LogP contribution in [0, 0.1) is 12.8 Å². The first-order valence-electron chi connectivity index (χ1n) is 8.12. The van der Waals surface area contributed by atoms with Gasteiger partial charge >= 0.3 is 0 Å². The summed E-state index contributed by atoms with van der Waals surface area (Å²) in [5.74, 6) is 2.48. The summed E-state index contributed by atoms with van der Waals surface area (Å²) in [6, 6.07) is 0. The first-order chi connectivity index (χ1) is 10.2. The molecule has 0 atom stereocenters. The highest BCUT2D eigenvalue weighted by Crippen LogP contribution is 2.34. The fourth-order valence-electron chi connectivity index (χ4n) is 3.73. The molecule has 5 heteroatoms. The smallest absolute Gasteiger partial charge is 0.226 e. The Morgan fingerprint density at radius 2 is 1.86 bits per heavy atom. The maximum Gasteiger partial charge on any atom is 0.226 e. The van der Waals surface area contributed by atoms with E-state index in [0.717, 1.165) is 43.3 Å². The zero-order valence-electron chi connectivity index (χ0n) is 12.6. The van der Waals surface area contributed by atoms with E-state index < -0.39 is 0 Å². The number of hydrogen-bond acceptors (Lipinski definition) is 4. The summed E-state index contributed by atoms with van der Waals surface area (Å²) in [5.41, 5.74) is 2.25. The predicted octanol–water partition coefficient (Wildman–Crippen LogP) is 2.03. The molecule has 1 aromatic rings. The molecule has 3 aliphatic rings. The van der Waals surface area contributed by atoms with Crippen molar-refractivity contribution in [3.63, 3.8) is 0 Å². The number of hydrogen-bond donors (Lipinski definition) is 0. The van der Waals surface area contributed by atoms with Gasteiger partial charge in [-0.05, 0) is 26.2 Å². The number of amides is 1. The fourth-order valence-corrected chi connectivity index (χ4v) is 3.73. The van der Waals surface area contributed by atoms with Gasteiger partial charge in [-0.1, -0.05) is 12.8 Å². The molecule has 1 amide bonds. The van der Waals surface area contributed by atoms with Crippen molar-refractivity contribution < 1.29 is 4.79 Å². The zero-order valence-corrected chi connectivity index (χ0v) is 12.6. The Morgan fingerprint density at radius 3 is 2.52 bits per heavy atom. The molecule has 4 rings (SSSR count). The SMILES string of the molecule is Cc1nc2c(c(N3CCC3)n1)CN(C(=O)C1CCCC1)C2. The van der Waals surface area contributed by atoms with Crippen LogP contribution >= 0.6 is 0 Å². The number of anilines is 1. The van der Waals surface area contributed by atoms with Crippen LogP contribution in [0.2, 0.25) is 0 Å². The fraction of sp³-hybridized carbons (Fsp3) is 0.688. The number of rotatable bonds is 2. The summed E-state index contributed by atoms with van der Waals surface area (Å²) in [4.78, 5) is 26.2. The molecule has 0 N–H and O–H groups in total. The molecule has 1 aliphatic carbocycles. The molecule has 112 valence electrons. The molecule has 3 heterocycles. The summed E-state index contributed by atoms with van der Waals surface area (Å²) >= 11 is 0. The van der Waals surface area contributed by atoms with E-state index in [4.69, 9.17) is 0 Å². The lowest BCUT2D eigenvalue weighted by Gasteiger charge is -2.33. The number of fused-ring (bicyclic) bond motifs is 1. The number of aromatic nitrogens is 2. The minimum Gasteiger partial charge on any atom is -0.356 e. The van der Waals surface area contributed by atoms with Gasteiger partial charge in [0.25, 0.3) is 0 Å².